The fourth-order valence-corrected chi connectivity index (χ4v) is 2.04. The van der Waals surface area contributed by atoms with Crippen LogP contribution in [0.25, 0.3) is 0 Å². The van der Waals surface area contributed by atoms with Crippen LogP contribution >= 0.6 is 0 Å². The van der Waals surface area contributed by atoms with Crippen molar-refractivity contribution in [3.63, 3.8) is 0 Å². The SMILES string of the molecule is CCN(c1ccc(F)cc1)c1cc(F)cc(CN)c1. The van der Waals surface area contributed by atoms with Gasteiger partial charge in [0.2, 0.25) is 0 Å². The van der Waals surface area contributed by atoms with Gasteiger partial charge in [-0.25, -0.2) is 8.78 Å². The maximum Gasteiger partial charge on any atom is 0.125 e. The van der Waals surface area contributed by atoms with E-state index in [0.717, 1.165) is 16.9 Å². The molecule has 0 unspecified atom stereocenters. The largest absolute Gasteiger partial charge is 0.342 e. The number of halogens is 2. The summed E-state index contributed by atoms with van der Waals surface area (Å²) in [6, 6.07) is 10.8. The van der Waals surface area contributed by atoms with Crippen LogP contribution in [0.1, 0.15) is 12.5 Å². The van der Waals surface area contributed by atoms with Crippen LogP contribution in [0.3, 0.4) is 0 Å². The summed E-state index contributed by atoms with van der Waals surface area (Å²) in [6.07, 6.45) is 0. The van der Waals surface area contributed by atoms with Crippen LogP contribution in [-0.2, 0) is 6.54 Å². The zero-order valence-electron chi connectivity index (χ0n) is 10.7. The van der Waals surface area contributed by atoms with Crippen LogP contribution in [0.2, 0.25) is 0 Å². The summed E-state index contributed by atoms with van der Waals surface area (Å²) < 4.78 is 26.5. The lowest BCUT2D eigenvalue weighted by atomic mass is 10.1. The van der Waals surface area contributed by atoms with Gasteiger partial charge < -0.3 is 10.6 Å². The van der Waals surface area contributed by atoms with E-state index in [0.29, 0.717) is 6.54 Å². The van der Waals surface area contributed by atoms with Gasteiger partial charge in [0.25, 0.3) is 0 Å². The van der Waals surface area contributed by atoms with E-state index in [1.54, 1.807) is 12.1 Å². The van der Waals surface area contributed by atoms with E-state index in [2.05, 4.69) is 0 Å². The summed E-state index contributed by atoms with van der Waals surface area (Å²) in [5.41, 5.74) is 7.82. The Morgan fingerprint density at radius 3 is 2.21 bits per heavy atom. The van der Waals surface area contributed by atoms with E-state index in [1.165, 1.54) is 24.3 Å². The molecule has 0 heterocycles. The second kappa shape index (κ2) is 5.80. The second-order valence-electron chi connectivity index (χ2n) is 4.24. The number of benzene rings is 2. The summed E-state index contributed by atoms with van der Waals surface area (Å²) in [5, 5.41) is 0. The average molecular weight is 262 g/mol. The third-order valence-electron chi connectivity index (χ3n) is 2.94. The van der Waals surface area contributed by atoms with Crippen LogP contribution in [0, 0.1) is 11.6 Å². The zero-order valence-corrected chi connectivity index (χ0v) is 10.7. The van der Waals surface area contributed by atoms with E-state index in [4.69, 9.17) is 5.73 Å². The fraction of sp³-hybridized carbons (Fsp3) is 0.200. The smallest absolute Gasteiger partial charge is 0.125 e. The molecule has 4 heteroatoms. The van der Waals surface area contributed by atoms with Gasteiger partial charge in [-0.2, -0.15) is 0 Å². The van der Waals surface area contributed by atoms with Crippen molar-refractivity contribution in [2.24, 2.45) is 5.73 Å². The van der Waals surface area contributed by atoms with Crippen molar-refractivity contribution >= 4 is 11.4 Å². The number of nitrogens with two attached hydrogens (primary N) is 1. The number of nitrogens with zero attached hydrogens (tertiary/aromatic N) is 1. The lowest BCUT2D eigenvalue weighted by Gasteiger charge is -2.24. The summed E-state index contributed by atoms with van der Waals surface area (Å²) >= 11 is 0. The Bertz CT molecular complexity index is 553. The summed E-state index contributed by atoms with van der Waals surface area (Å²) in [7, 11) is 0. The van der Waals surface area contributed by atoms with Crippen molar-refractivity contribution < 1.29 is 8.78 Å². The van der Waals surface area contributed by atoms with Gasteiger partial charge in [-0.15, -0.1) is 0 Å². The first kappa shape index (κ1) is 13.5. The van der Waals surface area contributed by atoms with E-state index < -0.39 is 0 Å². The molecule has 2 aromatic rings. The standard InChI is InChI=1S/C15H16F2N2/c1-2-19(14-5-3-12(16)4-6-14)15-8-11(10-18)7-13(17)9-15/h3-9H,2,10,18H2,1H3. The molecule has 0 atom stereocenters. The molecule has 0 fully saturated rings. The van der Waals surface area contributed by atoms with Gasteiger partial charge in [-0.1, -0.05) is 0 Å². The molecular weight excluding hydrogens is 246 g/mol. The highest BCUT2D eigenvalue weighted by Crippen LogP contribution is 2.27. The van der Waals surface area contributed by atoms with Crippen molar-refractivity contribution in [1.82, 2.24) is 0 Å². The minimum absolute atomic E-state index is 0.283. The predicted molar refractivity (Wildman–Crippen MR) is 73.4 cm³/mol. The Labute approximate surface area is 111 Å². The Morgan fingerprint density at radius 1 is 0.947 bits per heavy atom. The number of rotatable bonds is 4. The van der Waals surface area contributed by atoms with Gasteiger partial charge in [0.05, 0.1) is 0 Å². The fourth-order valence-electron chi connectivity index (χ4n) is 2.04. The Balaban J connectivity index is 2.41. The number of anilines is 2. The van der Waals surface area contributed by atoms with E-state index >= 15 is 0 Å². The van der Waals surface area contributed by atoms with E-state index in [-0.39, 0.29) is 18.2 Å². The van der Waals surface area contributed by atoms with Crippen LogP contribution < -0.4 is 10.6 Å². The van der Waals surface area contributed by atoms with Gasteiger partial charge in [-0.3, -0.25) is 0 Å². The van der Waals surface area contributed by atoms with Crippen molar-refractivity contribution in [3.05, 3.63) is 59.7 Å². The molecule has 0 aromatic heterocycles. The summed E-state index contributed by atoms with van der Waals surface area (Å²) in [5.74, 6) is -0.611. The molecule has 0 amide bonds. The maximum absolute atomic E-state index is 13.5. The molecule has 0 bridgehead atoms. The average Bonchev–Trinajstić information content (AvgIpc) is 2.41. The van der Waals surface area contributed by atoms with Crippen molar-refractivity contribution in [3.8, 4) is 0 Å². The molecule has 2 rings (SSSR count). The summed E-state index contributed by atoms with van der Waals surface area (Å²) in [6.45, 7) is 2.89. The monoisotopic (exact) mass is 262 g/mol. The highest BCUT2D eigenvalue weighted by atomic mass is 19.1. The Morgan fingerprint density at radius 2 is 1.63 bits per heavy atom. The Kier molecular flexibility index (Phi) is 4.12. The third-order valence-corrected chi connectivity index (χ3v) is 2.94. The first-order chi connectivity index (χ1) is 9.13. The molecule has 0 saturated carbocycles. The van der Waals surface area contributed by atoms with Gasteiger partial charge >= 0.3 is 0 Å². The highest BCUT2D eigenvalue weighted by molar-refractivity contribution is 5.63. The molecule has 2 N–H and O–H groups in total. The first-order valence-corrected chi connectivity index (χ1v) is 6.16. The Hall–Kier alpha value is -1.94. The molecule has 2 aromatic carbocycles. The minimum Gasteiger partial charge on any atom is -0.342 e. The van der Waals surface area contributed by atoms with E-state index in [1.807, 2.05) is 17.9 Å². The molecule has 0 aliphatic heterocycles. The molecule has 2 nitrogen and oxygen atoms in total. The lowest BCUT2D eigenvalue weighted by Crippen LogP contribution is -2.16. The number of hydrogen-bond donors (Lipinski definition) is 1. The topological polar surface area (TPSA) is 29.3 Å². The molecular formula is C15H16F2N2. The van der Waals surface area contributed by atoms with Crippen molar-refractivity contribution in [2.45, 2.75) is 13.5 Å². The van der Waals surface area contributed by atoms with Crippen molar-refractivity contribution in [1.29, 1.82) is 0 Å². The van der Waals surface area contributed by atoms with Gasteiger partial charge in [0, 0.05) is 24.5 Å². The van der Waals surface area contributed by atoms with Crippen LogP contribution in [0.5, 0.6) is 0 Å². The summed E-state index contributed by atoms with van der Waals surface area (Å²) in [4.78, 5) is 1.90. The van der Waals surface area contributed by atoms with Crippen LogP contribution in [0.4, 0.5) is 20.2 Å². The number of hydrogen-bond acceptors (Lipinski definition) is 2. The molecule has 100 valence electrons. The first-order valence-electron chi connectivity index (χ1n) is 6.16. The third kappa shape index (κ3) is 3.09. The van der Waals surface area contributed by atoms with E-state index in [9.17, 15) is 8.78 Å². The minimum atomic E-state index is -0.321. The normalized spacial score (nSPS) is 10.5. The highest BCUT2D eigenvalue weighted by Gasteiger charge is 2.09. The predicted octanol–water partition coefficient (Wildman–Crippen LogP) is 3.58. The van der Waals surface area contributed by atoms with Crippen LogP contribution in [-0.4, -0.2) is 6.54 Å². The molecule has 19 heavy (non-hydrogen) atoms. The quantitative estimate of drug-likeness (QED) is 0.912. The van der Waals surface area contributed by atoms with Crippen LogP contribution in [0.15, 0.2) is 42.5 Å². The lowest BCUT2D eigenvalue weighted by molar-refractivity contribution is 0.624. The zero-order chi connectivity index (χ0) is 13.8. The maximum atomic E-state index is 13.5. The molecule has 0 saturated heterocycles. The molecule has 0 spiro atoms. The van der Waals surface area contributed by atoms with Gasteiger partial charge in [0.1, 0.15) is 11.6 Å². The molecule has 0 aliphatic carbocycles. The van der Waals surface area contributed by atoms with Gasteiger partial charge in [0.15, 0.2) is 0 Å². The second-order valence-corrected chi connectivity index (χ2v) is 4.24. The molecule has 0 aliphatic rings. The van der Waals surface area contributed by atoms with Gasteiger partial charge in [-0.05, 0) is 55.0 Å². The van der Waals surface area contributed by atoms with Crippen molar-refractivity contribution in [2.75, 3.05) is 11.4 Å². The molecule has 0 radical (unpaired) electrons.